The normalized spacial score (nSPS) is 17.3. The Kier molecular flexibility index (Phi) is 5.64. The lowest BCUT2D eigenvalue weighted by Crippen LogP contribution is -2.39. The number of esters is 1. The van der Waals surface area contributed by atoms with Gasteiger partial charge in [-0.1, -0.05) is 17.4 Å². The lowest BCUT2D eigenvalue weighted by molar-refractivity contribution is -0.385. The molecular formula is C25H19N3O9S. The van der Waals surface area contributed by atoms with E-state index in [1.54, 1.807) is 32.0 Å². The number of hydrogen-bond donors (Lipinski definition) is 0. The van der Waals surface area contributed by atoms with Crippen LogP contribution in [0, 0.1) is 10.1 Å². The fourth-order valence-corrected chi connectivity index (χ4v) is 5.59. The third-order valence-corrected chi connectivity index (χ3v) is 7.22. The summed E-state index contributed by atoms with van der Waals surface area (Å²) in [6.07, 6.45) is 1.42. The van der Waals surface area contributed by atoms with Gasteiger partial charge in [-0.15, -0.1) is 0 Å². The Morgan fingerprint density at radius 1 is 1.16 bits per heavy atom. The Hall–Kier alpha value is -4.65. The first-order valence-electron chi connectivity index (χ1n) is 11.5. The van der Waals surface area contributed by atoms with Crippen LogP contribution in [0.25, 0.3) is 6.08 Å². The van der Waals surface area contributed by atoms with E-state index in [2.05, 4.69) is 4.99 Å². The van der Waals surface area contributed by atoms with Gasteiger partial charge in [0.15, 0.2) is 27.8 Å². The monoisotopic (exact) mass is 537 g/mol. The Morgan fingerprint density at radius 2 is 1.84 bits per heavy atom. The number of aromatic nitrogens is 1. The van der Waals surface area contributed by atoms with Gasteiger partial charge in [0, 0.05) is 0 Å². The predicted molar refractivity (Wildman–Crippen MR) is 132 cm³/mol. The lowest BCUT2D eigenvalue weighted by atomic mass is 9.95. The number of fused-ring (bicyclic) bond motifs is 3. The number of thiazole rings is 1. The molecule has 0 unspecified atom stereocenters. The van der Waals surface area contributed by atoms with Crippen molar-refractivity contribution < 1.29 is 33.4 Å². The number of hydrogen-bond acceptors (Lipinski definition) is 11. The van der Waals surface area contributed by atoms with Crippen LogP contribution in [0.5, 0.6) is 23.0 Å². The highest BCUT2D eigenvalue weighted by atomic mass is 32.1. The van der Waals surface area contributed by atoms with Crippen molar-refractivity contribution in [2.75, 3.05) is 20.2 Å². The Labute approximate surface area is 217 Å². The number of ether oxygens (including phenoxy) is 5. The number of rotatable bonds is 5. The number of benzene rings is 2. The molecule has 3 aliphatic rings. The van der Waals surface area contributed by atoms with Crippen molar-refractivity contribution in [3.05, 3.63) is 82.5 Å². The molecule has 2 aromatic carbocycles. The second-order valence-corrected chi connectivity index (χ2v) is 9.45. The quantitative estimate of drug-likeness (QED) is 0.272. The topological polar surface area (TPSA) is 141 Å². The van der Waals surface area contributed by atoms with Crippen LogP contribution in [0.2, 0.25) is 0 Å². The average molecular weight is 538 g/mol. The van der Waals surface area contributed by atoms with Crippen molar-refractivity contribution in [3.8, 4) is 23.0 Å². The van der Waals surface area contributed by atoms with Crippen molar-refractivity contribution in [2.45, 2.75) is 19.9 Å². The summed E-state index contributed by atoms with van der Waals surface area (Å²) in [5.74, 6) is 1.03. The summed E-state index contributed by atoms with van der Waals surface area (Å²) in [5, 5.41) is 11.8. The molecule has 1 atom stereocenters. The van der Waals surface area contributed by atoms with E-state index in [0.717, 1.165) is 11.3 Å². The van der Waals surface area contributed by atoms with Crippen LogP contribution in [-0.4, -0.2) is 35.7 Å². The van der Waals surface area contributed by atoms with Crippen LogP contribution in [0.15, 0.2) is 51.4 Å². The Balaban J connectivity index is 1.56. The van der Waals surface area contributed by atoms with Crippen LogP contribution >= 0.6 is 11.3 Å². The van der Waals surface area contributed by atoms with E-state index in [1.165, 1.54) is 22.8 Å². The highest BCUT2D eigenvalue weighted by molar-refractivity contribution is 7.07. The minimum absolute atomic E-state index is 0.0520. The average Bonchev–Trinajstić information content (AvgIpc) is 3.61. The summed E-state index contributed by atoms with van der Waals surface area (Å²) in [7, 11) is 0. The van der Waals surface area contributed by atoms with Crippen molar-refractivity contribution in [1.29, 1.82) is 0 Å². The molecule has 4 heterocycles. The number of allylic oxidation sites excluding steroid dienone is 1. The molecule has 12 nitrogen and oxygen atoms in total. The fourth-order valence-electron chi connectivity index (χ4n) is 4.55. The van der Waals surface area contributed by atoms with Gasteiger partial charge in [0.2, 0.25) is 13.6 Å². The lowest BCUT2D eigenvalue weighted by Gasteiger charge is -2.24. The summed E-state index contributed by atoms with van der Waals surface area (Å²) < 4.78 is 28.4. The number of nitro groups is 1. The van der Waals surface area contributed by atoms with E-state index in [4.69, 9.17) is 23.7 Å². The minimum Gasteiger partial charge on any atom is -0.463 e. The number of nitro benzene ring substituents is 1. The smallest absolute Gasteiger partial charge is 0.338 e. The Morgan fingerprint density at radius 3 is 2.55 bits per heavy atom. The Bertz CT molecular complexity index is 1740. The molecule has 3 aromatic rings. The van der Waals surface area contributed by atoms with Crippen molar-refractivity contribution in [3.63, 3.8) is 0 Å². The highest BCUT2D eigenvalue weighted by Crippen LogP contribution is 2.39. The van der Waals surface area contributed by atoms with Crippen LogP contribution in [0.4, 0.5) is 5.69 Å². The predicted octanol–water partition coefficient (Wildman–Crippen LogP) is 2.16. The molecule has 6 rings (SSSR count). The van der Waals surface area contributed by atoms with Gasteiger partial charge in [-0.25, -0.2) is 9.79 Å². The van der Waals surface area contributed by atoms with E-state index in [9.17, 15) is 19.7 Å². The molecule has 0 N–H and O–H groups in total. The molecule has 0 fully saturated rings. The third-order valence-electron chi connectivity index (χ3n) is 6.23. The fraction of sp³-hybridized carbons (Fsp3) is 0.240. The highest BCUT2D eigenvalue weighted by Gasteiger charge is 2.34. The van der Waals surface area contributed by atoms with Crippen LogP contribution in [-0.2, 0) is 9.53 Å². The van der Waals surface area contributed by atoms with E-state index < -0.39 is 22.5 Å². The molecule has 1 aromatic heterocycles. The summed E-state index contributed by atoms with van der Waals surface area (Å²) in [4.78, 5) is 42.9. The van der Waals surface area contributed by atoms with E-state index in [0.29, 0.717) is 33.3 Å². The minimum atomic E-state index is -0.867. The van der Waals surface area contributed by atoms with Crippen LogP contribution in [0.1, 0.15) is 31.0 Å². The zero-order valence-corrected chi connectivity index (χ0v) is 20.9. The molecule has 0 radical (unpaired) electrons. The van der Waals surface area contributed by atoms with E-state index in [1.807, 2.05) is 0 Å². The maximum atomic E-state index is 13.8. The molecule has 38 heavy (non-hydrogen) atoms. The first kappa shape index (κ1) is 23.7. The summed E-state index contributed by atoms with van der Waals surface area (Å²) in [6, 6.07) is 7.03. The largest absolute Gasteiger partial charge is 0.463 e. The van der Waals surface area contributed by atoms with E-state index >= 15 is 0 Å². The third kappa shape index (κ3) is 3.78. The van der Waals surface area contributed by atoms with Crippen molar-refractivity contribution in [1.82, 2.24) is 4.57 Å². The zero-order chi connectivity index (χ0) is 26.6. The molecule has 0 saturated carbocycles. The second-order valence-electron chi connectivity index (χ2n) is 8.44. The van der Waals surface area contributed by atoms with Gasteiger partial charge in [-0.2, -0.15) is 0 Å². The second kappa shape index (κ2) is 9.03. The van der Waals surface area contributed by atoms with Gasteiger partial charge in [0.05, 0.1) is 45.0 Å². The zero-order valence-electron chi connectivity index (χ0n) is 20.1. The first-order valence-corrected chi connectivity index (χ1v) is 12.3. The van der Waals surface area contributed by atoms with Crippen LogP contribution in [0.3, 0.4) is 0 Å². The number of nitrogens with zero attached hydrogens (tertiary/aromatic N) is 3. The number of carbonyl (C=O) groups excluding carboxylic acids is 1. The maximum absolute atomic E-state index is 13.8. The molecular weight excluding hydrogens is 518 g/mol. The summed E-state index contributed by atoms with van der Waals surface area (Å²) >= 11 is 1.06. The van der Waals surface area contributed by atoms with Gasteiger partial charge in [0.1, 0.15) is 0 Å². The molecule has 3 aliphatic heterocycles. The molecule has 13 heteroatoms. The van der Waals surface area contributed by atoms with Gasteiger partial charge in [-0.05, 0) is 43.7 Å². The van der Waals surface area contributed by atoms with E-state index in [-0.39, 0.29) is 47.3 Å². The van der Waals surface area contributed by atoms with Gasteiger partial charge < -0.3 is 23.7 Å². The maximum Gasteiger partial charge on any atom is 0.338 e. The molecule has 0 amide bonds. The molecule has 0 saturated heterocycles. The molecule has 194 valence electrons. The first-order chi connectivity index (χ1) is 18.4. The molecule has 0 bridgehead atoms. The standard InChI is InChI=1S/C25H19N3O9S/c1-3-33-24(30)21-12(2)26-25-27(22(21)13-4-5-16-17(6-13)35-10-34-16)23(29)20(38-25)8-14-7-18-19(37-11-36-18)9-15(14)28(31)32/h4-9,22H,3,10-11H2,1-2H3/b20-8-/t22-/m1/s1. The SMILES string of the molecule is CCOC(=O)C1=C(C)N=c2s/c(=C\c3cc4c(cc3[N+](=O)[O-])OCO4)c(=O)n2[C@@H]1c1ccc2c(c1)OCO2. The number of carbonyl (C=O) groups is 1. The summed E-state index contributed by atoms with van der Waals surface area (Å²) in [5.41, 5.74) is 0.652. The summed E-state index contributed by atoms with van der Waals surface area (Å²) in [6.45, 7) is 3.52. The van der Waals surface area contributed by atoms with Crippen molar-refractivity contribution >= 4 is 29.1 Å². The van der Waals surface area contributed by atoms with Gasteiger partial charge >= 0.3 is 5.97 Å². The van der Waals surface area contributed by atoms with Crippen molar-refractivity contribution in [2.24, 2.45) is 4.99 Å². The van der Waals surface area contributed by atoms with Gasteiger partial charge in [-0.3, -0.25) is 19.5 Å². The van der Waals surface area contributed by atoms with Gasteiger partial charge in [0.25, 0.3) is 11.2 Å². The molecule has 0 spiro atoms. The van der Waals surface area contributed by atoms with Crippen LogP contribution < -0.4 is 33.8 Å². The molecule has 0 aliphatic carbocycles.